The molecule has 1 aliphatic heterocycles. The summed E-state index contributed by atoms with van der Waals surface area (Å²) in [6, 6.07) is 3.70. The molecule has 9 nitrogen and oxygen atoms in total. The van der Waals surface area contributed by atoms with Gasteiger partial charge in [-0.25, -0.2) is 18.6 Å². The van der Waals surface area contributed by atoms with Gasteiger partial charge in [0.15, 0.2) is 11.6 Å². The molecular weight excluding hydrogens is 410 g/mol. The molecule has 1 aliphatic rings. The monoisotopic (exact) mass is 430 g/mol. The molecule has 31 heavy (non-hydrogen) atoms. The van der Waals surface area contributed by atoms with Gasteiger partial charge in [0.25, 0.3) is 5.56 Å². The average Bonchev–Trinajstić information content (AvgIpc) is 2.75. The molecular formula is C20H20F2N6O3. The van der Waals surface area contributed by atoms with E-state index in [0.717, 1.165) is 6.42 Å². The van der Waals surface area contributed by atoms with Crippen LogP contribution in [-0.4, -0.2) is 49.8 Å². The van der Waals surface area contributed by atoms with Crippen molar-refractivity contribution >= 4 is 28.8 Å². The maximum absolute atomic E-state index is 14.4. The van der Waals surface area contributed by atoms with Gasteiger partial charge in [-0.3, -0.25) is 9.36 Å². The second-order valence-corrected chi connectivity index (χ2v) is 7.44. The van der Waals surface area contributed by atoms with E-state index in [1.807, 2.05) is 0 Å². The molecule has 0 spiro atoms. The number of halogens is 2. The number of fused-ring (bicyclic) bond motifs is 1. The number of carboxylic acid groups (broad SMARTS) is 1. The molecule has 3 heterocycles. The standard InChI is InChI=1S/C20H20F2N6O3/c1-27-17-10(7-13(18(27)29)12-4-5-14(23)16(22)15(12)21)8-24-19(26-17)25-11-3-2-6-28(9-11)20(30)31/h4-5,7-8,11H,2-3,6,9,23H2,1H3,(H,30,31)(H,24,25,26). The summed E-state index contributed by atoms with van der Waals surface area (Å²) in [6.07, 6.45) is 1.96. The van der Waals surface area contributed by atoms with Gasteiger partial charge in [0.05, 0.1) is 11.3 Å². The number of nitrogens with one attached hydrogen (secondary N) is 1. The maximum Gasteiger partial charge on any atom is 0.407 e. The largest absolute Gasteiger partial charge is 0.465 e. The number of pyridine rings is 1. The number of carbonyl (C=O) groups is 1. The Morgan fingerprint density at radius 1 is 1.29 bits per heavy atom. The average molecular weight is 430 g/mol. The lowest BCUT2D eigenvalue weighted by Crippen LogP contribution is -2.44. The van der Waals surface area contributed by atoms with E-state index in [1.165, 1.54) is 40.9 Å². The fourth-order valence-corrected chi connectivity index (χ4v) is 3.73. The minimum absolute atomic E-state index is 0.0416. The number of nitrogens with two attached hydrogens (primary N) is 1. The van der Waals surface area contributed by atoms with E-state index in [2.05, 4.69) is 15.3 Å². The summed E-state index contributed by atoms with van der Waals surface area (Å²) in [5.41, 5.74) is 4.53. The number of piperidine rings is 1. The highest BCUT2D eigenvalue weighted by molar-refractivity contribution is 5.82. The molecule has 11 heteroatoms. The zero-order chi connectivity index (χ0) is 22.3. The van der Waals surface area contributed by atoms with Crippen LogP contribution in [0.2, 0.25) is 0 Å². The fourth-order valence-electron chi connectivity index (χ4n) is 3.73. The van der Waals surface area contributed by atoms with E-state index in [4.69, 9.17) is 5.73 Å². The van der Waals surface area contributed by atoms with Crippen LogP contribution in [0, 0.1) is 11.6 Å². The first-order valence-electron chi connectivity index (χ1n) is 9.61. The first-order valence-corrected chi connectivity index (χ1v) is 9.61. The Labute approximate surface area is 175 Å². The Balaban J connectivity index is 1.70. The third-order valence-electron chi connectivity index (χ3n) is 5.38. The fraction of sp³-hybridized carbons (Fsp3) is 0.300. The highest BCUT2D eigenvalue weighted by Crippen LogP contribution is 2.27. The van der Waals surface area contributed by atoms with E-state index in [1.54, 1.807) is 0 Å². The number of hydrogen-bond donors (Lipinski definition) is 3. The van der Waals surface area contributed by atoms with E-state index in [0.29, 0.717) is 30.5 Å². The summed E-state index contributed by atoms with van der Waals surface area (Å²) < 4.78 is 29.5. The van der Waals surface area contributed by atoms with E-state index in [9.17, 15) is 23.5 Å². The zero-order valence-corrected chi connectivity index (χ0v) is 16.6. The molecule has 4 N–H and O–H groups in total. The summed E-state index contributed by atoms with van der Waals surface area (Å²) in [5.74, 6) is -2.16. The lowest BCUT2D eigenvalue weighted by atomic mass is 10.0. The van der Waals surface area contributed by atoms with Crippen molar-refractivity contribution in [3.63, 3.8) is 0 Å². The van der Waals surface area contributed by atoms with E-state index >= 15 is 0 Å². The summed E-state index contributed by atoms with van der Waals surface area (Å²) in [6.45, 7) is 0.780. The van der Waals surface area contributed by atoms with Crippen molar-refractivity contribution < 1.29 is 18.7 Å². The number of nitrogens with zero attached hydrogens (tertiary/aromatic N) is 4. The topological polar surface area (TPSA) is 126 Å². The van der Waals surface area contributed by atoms with Gasteiger partial charge in [-0.2, -0.15) is 4.98 Å². The predicted molar refractivity (Wildman–Crippen MR) is 111 cm³/mol. The van der Waals surface area contributed by atoms with Gasteiger partial charge in [0.2, 0.25) is 5.95 Å². The maximum atomic E-state index is 14.4. The summed E-state index contributed by atoms with van der Waals surface area (Å²) in [7, 11) is 1.48. The molecule has 1 atom stereocenters. The number of anilines is 2. The predicted octanol–water partition coefficient (Wildman–Crippen LogP) is 2.41. The van der Waals surface area contributed by atoms with E-state index in [-0.39, 0.29) is 28.8 Å². The third-order valence-corrected chi connectivity index (χ3v) is 5.38. The van der Waals surface area contributed by atoms with Gasteiger partial charge in [-0.1, -0.05) is 0 Å². The van der Waals surface area contributed by atoms with Crippen molar-refractivity contribution in [2.24, 2.45) is 7.05 Å². The van der Waals surface area contributed by atoms with Gasteiger partial charge in [-0.15, -0.1) is 0 Å². The smallest absolute Gasteiger partial charge is 0.407 e. The van der Waals surface area contributed by atoms with Crippen molar-refractivity contribution in [1.29, 1.82) is 0 Å². The van der Waals surface area contributed by atoms with E-state index < -0.39 is 23.3 Å². The number of amides is 1. The van der Waals surface area contributed by atoms with Gasteiger partial charge in [-0.05, 0) is 31.0 Å². The molecule has 0 radical (unpaired) electrons. The van der Waals surface area contributed by atoms with Crippen LogP contribution in [0.5, 0.6) is 0 Å². The summed E-state index contributed by atoms with van der Waals surface area (Å²) in [5, 5.41) is 12.7. The normalized spacial score (nSPS) is 16.5. The highest BCUT2D eigenvalue weighted by Gasteiger charge is 2.24. The number of rotatable bonds is 3. The van der Waals surface area contributed by atoms with Crippen LogP contribution >= 0.6 is 0 Å². The van der Waals surface area contributed by atoms with Gasteiger partial charge in [0.1, 0.15) is 5.65 Å². The van der Waals surface area contributed by atoms with Crippen LogP contribution in [0.25, 0.3) is 22.2 Å². The minimum Gasteiger partial charge on any atom is -0.465 e. The Morgan fingerprint density at radius 2 is 2.06 bits per heavy atom. The Bertz CT molecular complexity index is 1250. The number of hydrogen-bond acceptors (Lipinski definition) is 6. The van der Waals surface area contributed by atoms with Crippen molar-refractivity contribution in [1.82, 2.24) is 19.4 Å². The van der Waals surface area contributed by atoms with Crippen LogP contribution in [0.1, 0.15) is 12.8 Å². The number of aryl methyl sites for hydroxylation is 1. The molecule has 4 rings (SSSR count). The van der Waals surface area contributed by atoms with Crippen LogP contribution in [0.4, 0.5) is 25.2 Å². The lowest BCUT2D eigenvalue weighted by Gasteiger charge is -2.31. The highest BCUT2D eigenvalue weighted by atomic mass is 19.2. The minimum atomic E-state index is -1.21. The van der Waals surface area contributed by atoms with Gasteiger partial charge < -0.3 is 21.1 Å². The zero-order valence-electron chi connectivity index (χ0n) is 16.6. The molecule has 1 fully saturated rings. The second kappa shape index (κ2) is 7.82. The molecule has 0 aliphatic carbocycles. The van der Waals surface area contributed by atoms with Crippen molar-refractivity contribution in [2.45, 2.75) is 18.9 Å². The summed E-state index contributed by atoms with van der Waals surface area (Å²) >= 11 is 0. The number of benzene rings is 1. The van der Waals surface area contributed by atoms with Gasteiger partial charge >= 0.3 is 6.09 Å². The van der Waals surface area contributed by atoms with Crippen molar-refractivity contribution in [3.05, 3.63) is 46.4 Å². The third kappa shape index (κ3) is 3.74. The SMILES string of the molecule is Cn1c(=O)c(-c2ccc(N)c(F)c2F)cc2cnc(NC3CCCN(C(=O)O)C3)nc21. The van der Waals surface area contributed by atoms with Crippen LogP contribution in [-0.2, 0) is 7.05 Å². The molecule has 1 unspecified atom stereocenters. The Morgan fingerprint density at radius 3 is 2.81 bits per heavy atom. The molecule has 2 aromatic heterocycles. The van der Waals surface area contributed by atoms with Crippen LogP contribution < -0.4 is 16.6 Å². The molecule has 0 saturated carbocycles. The number of aromatic nitrogens is 3. The molecule has 1 aromatic carbocycles. The Kier molecular flexibility index (Phi) is 5.17. The molecule has 1 saturated heterocycles. The first kappa shape index (κ1) is 20.5. The lowest BCUT2D eigenvalue weighted by molar-refractivity contribution is 0.132. The molecule has 3 aromatic rings. The second-order valence-electron chi connectivity index (χ2n) is 7.44. The van der Waals surface area contributed by atoms with Crippen molar-refractivity contribution in [3.8, 4) is 11.1 Å². The molecule has 0 bridgehead atoms. The molecule has 162 valence electrons. The molecule has 1 amide bonds. The number of likely N-dealkylation sites (tertiary alicyclic amines) is 1. The van der Waals surface area contributed by atoms with Crippen LogP contribution in [0.3, 0.4) is 0 Å². The quantitative estimate of drug-likeness (QED) is 0.545. The summed E-state index contributed by atoms with van der Waals surface area (Å²) in [4.78, 5) is 34.0. The Hall–Kier alpha value is -3.76. The van der Waals surface area contributed by atoms with Crippen molar-refractivity contribution in [2.75, 3.05) is 24.1 Å². The number of nitrogen functional groups attached to an aromatic ring is 1. The van der Waals surface area contributed by atoms with Crippen LogP contribution in [0.15, 0.2) is 29.2 Å². The van der Waals surface area contributed by atoms with Gasteiger partial charge in [0, 0.05) is 43.3 Å². The first-order chi connectivity index (χ1) is 14.8.